The molecule has 0 bridgehead atoms. The van der Waals surface area contributed by atoms with E-state index < -0.39 is 0 Å². The normalized spacial score (nSPS) is 15.6. The molecule has 20 heavy (non-hydrogen) atoms. The van der Waals surface area contributed by atoms with Crippen molar-refractivity contribution in [2.24, 2.45) is 0 Å². The molecule has 0 N–H and O–H groups in total. The molecule has 0 spiro atoms. The molecular weight excluding hydrogens is 252 g/mol. The highest BCUT2D eigenvalue weighted by molar-refractivity contribution is 5.53. The van der Waals surface area contributed by atoms with Crippen LogP contribution in [0.3, 0.4) is 0 Å². The second kappa shape index (κ2) is 6.44. The van der Waals surface area contributed by atoms with Crippen molar-refractivity contribution in [3.05, 3.63) is 48.5 Å². The summed E-state index contributed by atoms with van der Waals surface area (Å²) in [5.41, 5.74) is 0. The Balaban J connectivity index is 0.000000170. The quantitative estimate of drug-likeness (QED) is 0.589. The van der Waals surface area contributed by atoms with E-state index in [0.29, 0.717) is 0 Å². The van der Waals surface area contributed by atoms with Crippen LogP contribution in [-0.4, -0.2) is 13.2 Å². The molecule has 3 nitrogen and oxygen atoms in total. The molecule has 4 rings (SSSR count). The summed E-state index contributed by atoms with van der Waals surface area (Å²) in [5, 5.41) is 0. The molecule has 0 aromatic heterocycles. The van der Waals surface area contributed by atoms with Crippen molar-refractivity contribution in [2.45, 2.75) is 19.3 Å². The topological polar surface area (TPSA) is 27.7 Å². The number of hydrogen-bond acceptors (Lipinski definition) is 3. The van der Waals surface area contributed by atoms with Crippen molar-refractivity contribution in [1.29, 1.82) is 0 Å². The monoisotopic (exact) mass is 270 g/mol. The van der Waals surface area contributed by atoms with Gasteiger partial charge < -0.3 is 14.2 Å². The van der Waals surface area contributed by atoms with Crippen molar-refractivity contribution in [3.8, 4) is 23.0 Å². The standard InChI is InChI=1S/C12H8O2.C5H10O/c1-2-6-10-9(5-1)13-11-7-3-4-8-12(11)14-10;1-2-4-6-5-3-1/h1-8H;1-5H2. The van der Waals surface area contributed by atoms with Gasteiger partial charge >= 0.3 is 0 Å². The van der Waals surface area contributed by atoms with Crippen LogP contribution in [0.15, 0.2) is 48.5 Å². The van der Waals surface area contributed by atoms with Gasteiger partial charge in [0.1, 0.15) is 0 Å². The van der Waals surface area contributed by atoms with Gasteiger partial charge in [-0.25, -0.2) is 0 Å². The minimum Gasteiger partial charge on any atom is -0.450 e. The fraction of sp³-hybridized carbons (Fsp3) is 0.294. The molecule has 0 aliphatic carbocycles. The molecule has 2 aliphatic rings. The molecule has 3 heteroatoms. The van der Waals surface area contributed by atoms with Crippen LogP contribution in [0.4, 0.5) is 0 Å². The van der Waals surface area contributed by atoms with Gasteiger partial charge in [0.05, 0.1) is 0 Å². The van der Waals surface area contributed by atoms with Crippen molar-refractivity contribution in [2.75, 3.05) is 13.2 Å². The van der Waals surface area contributed by atoms with E-state index >= 15 is 0 Å². The van der Waals surface area contributed by atoms with E-state index in [-0.39, 0.29) is 0 Å². The maximum Gasteiger partial charge on any atom is 0.170 e. The summed E-state index contributed by atoms with van der Waals surface area (Å²) in [4.78, 5) is 0. The van der Waals surface area contributed by atoms with E-state index in [4.69, 9.17) is 14.2 Å². The Hall–Kier alpha value is -2.00. The Bertz CT molecular complexity index is 463. The summed E-state index contributed by atoms with van der Waals surface area (Å²) in [6.45, 7) is 2.00. The number of ether oxygens (including phenoxy) is 3. The maximum atomic E-state index is 5.65. The number of fused-ring (bicyclic) bond motifs is 2. The lowest BCUT2D eigenvalue weighted by Crippen LogP contribution is -2.03. The summed E-state index contributed by atoms with van der Waals surface area (Å²) in [6, 6.07) is 15.3. The number of rotatable bonds is 0. The van der Waals surface area contributed by atoms with Gasteiger partial charge in [0, 0.05) is 13.2 Å². The van der Waals surface area contributed by atoms with E-state index in [1.165, 1.54) is 19.3 Å². The average molecular weight is 270 g/mol. The third-order valence-electron chi connectivity index (χ3n) is 3.22. The first kappa shape index (κ1) is 13.0. The van der Waals surface area contributed by atoms with Crippen LogP contribution in [0.1, 0.15) is 19.3 Å². The number of hydrogen-bond donors (Lipinski definition) is 0. The van der Waals surface area contributed by atoms with Gasteiger partial charge in [0.15, 0.2) is 23.0 Å². The van der Waals surface area contributed by atoms with Gasteiger partial charge in [-0.3, -0.25) is 0 Å². The third-order valence-corrected chi connectivity index (χ3v) is 3.22. The molecule has 1 saturated heterocycles. The second-order valence-corrected chi connectivity index (χ2v) is 4.77. The van der Waals surface area contributed by atoms with E-state index in [9.17, 15) is 0 Å². The van der Waals surface area contributed by atoms with Crippen molar-refractivity contribution >= 4 is 0 Å². The highest BCUT2D eigenvalue weighted by Crippen LogP contribution is 2.44. The summed E-state index contributed by atoms with van der Waals surface area (Å²) in [5.74, 6) is 3.08. The smallest absolute Gasteiger partial charge is 0.170 e. The fourth-order valence-corrected chi connectivity index (χ4v) is 2.16. The zero-order valence-electron chi connectivity index (χ0n) is 11.4. The predicted molar refractivity (Wildman–Crippen MR) is 77.7 cm³/mol. The van der Waals surface area contributed by atoms with E-state index in [2.05, 4.69) is 0 Å². The second-order valence-electron chi connectivity index (χ2n) is 4.77. The molecule has 0 saturated carbocycles. The van der Waals surface area contributed by atoms with E-state index in [0.717, 1.165) is 36.2 Å². The minimum atomic E-state index is 0.770. The van der Waals surface area contributed by atoms with Crippen molar-refractivity contribution < 1.29 is 14.2 Å². The molecule has 0 atom stereocenters. The SMILES string of the molecule is C1CCOCC1.c1ccc2c(c1)Oc1ccccc1O2. The lowest BCUT2D eigenvalue weighted by atomic mass is 10.2. The largest absolute Gasteiger partial charge is 0.450 e. The summed E-state index contributed by atoms with van der Waals surface area (Å²) >= 11 is 0. The van der Waals surface area contributed by atoms with E-state index in [1.807, 2.05) is 48.5 Å². The first-order valence-electron chi connectivity index (χ1n) is 7.05. The van der Waals surface area contributed by atoms with Crippen LogP contribution in [0.25, 0.3) is 0 Å². The molecule has 0 radical (unpaired) electrons. The Morgan fingerprint density at radius 2 is 0.950 bits per heavy atom. The van der Waals surface area contributed by atoms with Crippen LogP contribution < -0.4 is 9.47 Å². The fourth-order valence-electron chi connectivity index (χ4n) is 2.16. The predicted octanol–water partition coefficient (Wildman–Crippen LogP) is 4.77. The Kier molecular flexibility index (Phi) is 4.19. The van der Waals surface area contributed by atoms with E-state index in [1.54, 1.807) is 0 Å². The van der Waals surface area contributed by atoms with Crippen LogP contribution in [0.5, 0.6) is 23.0 Å². The summed E-state index contributed by atoms with van der Waals surface area (Å²) < 4.78 is 16.4. The van der Waals surface area contributed by atoms with Gasteiger partial charge in [-0.05, 0) is 43.5 Å². The van der Waals surface area contributed by atoms with Crippen LogP contribution in [0, 0.1) is 0 Å². The first-order valence-corrected chi connectivity index (χ1v) is 7.05. The van der Waals surface area contributed by atoms with Gasteiger partial charge in [0.25, 0.3) is 0 Å². The molecular formula is C17H18O3. The first-order chi connectivity index (χ1) is 9.93. The lowest BCUT2D eigenvalue weighted by Gasteiger charge is -2.19. The highest BCUT2D eigenvalue weighted by Gasteiger charge is 2.16. The zero-order chi connectivity index (χ0) is 13.6. The van der Waals surface area contributed by atoms with Crippen molar-refractivity contribution in [1.82, 2.24) is 0 Å². The maximum absolute atomic E-state index is 5.65. The summed E-state index contributed by atoms with van der Waals surface area (Å²) in [6.07, 6.45) is 3.93. The van der Waals surface area contributed by atoms with Gasteiger partial charge in [0.2, 0.25) is 0 Å². The number of benzene rings is 2. The highest BCUT2D eigenvalue weighted by atomic mass is 16.6. The molecule has 2 aliphatic heterocycles. The number of para-hydroxylation sites is 4. The molecule has 0 unspecified atom stereocenters. The molecule has 104 valence electrons. The third kappa shape index (κ3) is 3.11. The van der Waals surface area contributed by atoms with Crippen LogP contribution >= 0.6 is 0 Å². The minimum absolute atomic E-state index is 0.770. The summed E-state index contributed by atoms with van der Waals surface area (Å²) in [7, 11) is 0. The van der Waals surface area contributed by atoms with Crippen LogP contribution in [-0.2, 0) is 4.74 Å². The Morgan fingerprint density at radius 3 is 1.20 bits per heavy atom. The molecule has 2 aromatic carbocycles. The molecule has 0 amide bonds. The lowest BCUT2D eigenvalue weighted by molar-refractivity contribution is 0.0968. The van der Waals surface area contributed by atoms with Gasteiger partial charge in [-0.2, -0.15) is 0 Å². The Labute approximate surface area is 119 Å². The van der Waals surface area contributed by atoms with Gasteiger partial charge in [-0.15, -0.1) is 0 Å². The van der Waals surface area contributed by atoms with Gasteiger partial charge in [-0.1, -0.05) is 24.3 Å². The average Bonchev–Trinajstić information content (AvgIpc) is 2.55. The Morgan fingerprint density at radius 1 is 0.550 bits per heavy atom. The molecule has 2 aromatic rings. The molecule has 1 fully saturated rings. The van der Waals surface area contributed by atoms with Crippen LogP contribution in [0.2, 0.25) is 0 Å². The molecule has 2 heterocycles. The van der Waals surface area contributed by atoms with Crippen molar-refractivity contribution in [3.63, 3.8) is 0 Å². The zero-order valence-corrected chi connectivity index (χ0v) is 11.4.